The Kier molecular flexibility index (Phi) is 5.07. The maximum atomic E-state index is 12.3. The van der Waals surface area contributed by atoms with Crippen LogP contribution in [0, 0.1) is 0 Å². The molecule has 1 fully saturated rings. The van der Waals surface area contributed by atoms with Gasteiger partial charge in [0.1, 0.15) is 12.4 Å². The average Bonchev–Trinajstić information content (AvgIpc) is 3.31. The van der Waals surface area contributed by atoms with Crippen LogP contribution in [0.5, 0.6) is 5.75 Å². The van der Waals surface area contributed by atoms with Crippen LogP contribution in [-0.2, 0) is 13.1 Å². The molecule has 2 aliphatic rings. The number of urea groups is 1. The van der Waals surface area contributed by atoms with Crippen molar-refractivity contribution in [1.82, 2.24) is 15.5 Å². The monoisotopic (exact) mass is 351 g/mol. The number of carbonyl (C=O) groups is 1. The molecule has 5 nitrogen and oxygen atoms in total. The van der Waals surface area contributed by atoms with Crippen LogP contribution in [0.25, 0.3) is 0 Å². The van der Waals surface area contributed by atoms with Crippen molar-refractivity contribution < 1.29 is 9.53 Å². The number of nitrogens with one attached hydrogen (secondary N) is 2. The van der Waals surface area contributed by atoms with E-state index >= 15 is 0 Å². The number of rotatable bonds is 5. The van der Waals surface area contributed by atoms with E-state index in [0.717, 1.165) is 17.9 Å². The van der Waals surface area contributed by atoms with Crippen molar-refractivity contribution in [1.29, 1.82) is 0 Å². The Morgan fingerprint density at radius 1 is 1.04 bits per heavy atom. The van der Waals surface area contributed by atoms with Crippen molar-refractivity contribution in [2.24, 2.45) is 0 Å². The van der Waals surface area contributed by atoms with E-state index in [4.69, 9.17) is 4.74 Å². The van der Waals surface area contributed by atoms with Crippen LogP contribution >= 0.6 is 0 Å². The van der Waals surface area contributed by atoms with Crippen molar-refractivity contribution in [3.05, 3.63) is 65.2 Å². The number of benzene rings is 2. The highest BCUT2D eigenvalue weighted by molar-refractivity contribution is 5.74. The van der Waals surface area contributed by atoms with Gasteiger partial charge in [-0.05, 0) is 43.1 Å². The summed E-state index contributed by atoms with van der Waals surface area (Å²) in [7, 11) is 0. The summed E-state index contributed by atoms with van der Waals surface area (Å²) in [6.07, 6.45) is 2.57. The lowest BCUT2D eigenvalue weighted by atomic mass is 10.1. The molecule has 0 bridgehead atoms. The Labute approximate surface area is 154 Å². The zero-order chi connectivity index (χ0) is 17.8. The normalized spacial score (nSPS) is 19.0. The lowest BCUT2D eigenvalue weighted by molar-refractivity contribution is 0.231. The number of amides is 2. The summed E-state index contributed by atoms with van der Waals surface area (Å²) >= 11 is 0. The zero-order valence-corrected chi connectivity index (χ0v) is 14.9. The highest BCUT2D eigenvalue weighted by Crippen LogP contribution is 2.31. The molecule has 2 aromatic rings. The molecule has 2 N–H and O–H groups in total. The van der Waals surface area contributed by atoms with Gasteiger partial charge in [0.2, 0.25) is 0 Å². The zero-order valence-electron chi connectivity index (χ0n) is 14.9. The minimum absolute atomic E-state index is 0.0916. The number of likely N-dealkylation sites (tertiary alicyclic amines) is 1. The average molecular weight is 351 g/mol. The smallest absolute Gasteiger partial charge is 0.315 e. The second-order valence-corrected chi connectivity index (χ2v) is 6.98. The van der Waals surface area contributed by atoms with Gasteiger partial charge < -0.3 is 15.4 Å². The third-order valence-corrected chi connectivity index (χ3v) is 5.16. The Balaban J connectivity index is 1.33. The molecule has 1 saturated heterocycles. The third-order valence-electron chi connectivity index (χ3n) is 5.16. The van der Waals surface area contributed by atoms with Crippen molar-refractivity contribution in [2.75, 3.05) is 19.7 Å². The molecular weight excluding hydrogens is 326 g/mol. The summed E-state index contributed by atoms with van der Waals surface area (Å²) in [5, 5.41) is 6.01. The number of para-hydroxylation sites is 1. The quantitative estimate of drug-likeness (QED) is 0.870. The van der Waals surface area contributed by atoms with Crippen LogP contribution in [0.1, 0.15) is 35.6 Å². The van der Waals surface area contributed by atoms with Crippen molar-refractivity contribution in [3.63, 3.8) is 0 Å². The minimum Gasteiger partial charge on any atom is -0.491 e. The predicted octanol–water partition coefficient (Wildman–Crippen LogP) is 3.22. The molecule has 2 heterocycles. The molecule has 26 heavy (non-hydrogen) atoms. The number of fused-ring (bicyclic) bond motifs is 1. The number of nitrogens with zero attached hydrogens (tertiary/aromatic N) is 1. The maximum absolute atomic E-state index is 12.3. The molecule has 0 aliphatic carbocycles. The summed E-state index contributed by atoms with van der Waals surface area (Å²) in [5.41, 5.74) is 3.51. The minimum atomic E-state index is -0.161. The van der Waals surface area contributed by atoms with E-state index in [9.17, 15) is 4.79 Å². The van der Waals surface area contributed by atoms with Crippen LogP contribution in [0.2, 0.25) is 0 Å². The molecule has 0 saturated carbocycles. The van der Waals surface area contributed by atoms with Gasteiger partial charge in [-0.15, -0.1) is 0 Å². The van der Waals surface area contributed by atoms with Gasteiger partial charge >= 0.3 is 6.03 Å². The van der Waals surface area contributed by atoms with E-state index in [0.29, 0.717) is 13.2 Å². The van der Waals surface area contributed by atoms with Gasteiger partial charge in [-0.1, -0.05) is 42.5 Å². The fourth-order valence-corrected chi connectivity index (χ4v) is 3.73. The van der Waals surface area contributed by atoms with Crippen LogP contribution in [-0.4, -0.2) is 30.6 Å². The molecule has 5 heteroatoms. The first-order chi connectivity index (χ1) is 12.8. The highest BCUT2D eigenvalue weighted by Gasteiger charge is 2.25. The lowest BCUT2D eigenvalue weighted by Gasteiger charge is -2.18. The summed E-state index contributed by atoms with van der Waals surface area (Å²) < 4.78 is 5.62. The fraction of sp³-hybridized carbons (Fsp3) is 0.381. The second-order valence-electron chi connectivity index (χ2n) is 6.98. The molecule has 0 aromatic heterocycles. The maximum Gasteiger partial charge on any atom is 0.315 e. The van der Waals surface area contributed by atoms with Crippen LogP contribution in [0.15, 0.2) is 48.5 Å². The fourth-order valence-electron chi connectivity index (χ4n) is 3.73. The largest absolute Gasteiger partial charge is 0.491 e. The van der Waals surface area contributed by atoms with Crippen LogP contribution in [0.3, 0.4) is 0 Å². The van der Waals surface area contributed by atoms with E-state index in [-0.39, 0.29) is 12.1 Å². The molecule has 1 atom stereocenters. The van der Waals surface area contributed by atoms with E-state index in [2.05, 4.69) is 33.7 Å². The van der Waals surface area contributed by atoms with Gasteiger partial charge in [0, 0.05) is 18.7 Å². The molecule has 1 unspecified atom stereocenters. The molecule has 2 aliphatic heterocycles. The number of carbonyl (C=O) groups excluding carboxylic acids is 1. The van der Waals surface area contributed by atoms with Crippen LogP contribution in [0.4, 0.5) is 4.79 Å². The Morgan fingerprint density at radius 2 is 1.77 bits per heavy atom. The first-order valence-corrected chi connectivity index (χ1v) is 9.35. The van der Waals surface area contributed by atoms with Gasteiger partial charge in [0.25, 0.3) is 0 Å². The third kappa shape index (κ3) is 3.83. The standard InChI is InChI=1S/C21H25N3O2/c25-21(23-19-15-26-20-10-4-3-9-18(19)20)22-13-16-7-1-2-8-17(16)14-24-11-5-6-12-24/h1-4,7-10,19H,5-6,11-15H2,(H2,22,23,25). The SMILES string of the molecule is O=C(NCc1ccccc1CN1CCCC1)NC1COc2ccccc21. The number of hydrogen-bond donors (Lipinski definition) is 2. The number of ether oxygens (including phenoxy) is 1. The molecule has 0 radical (unpaired) electrons. The lowest BCUT2D eigenvalue weighted by Crippen LogP contribution is -2.38. The molecule has 2 amide bonds. The summed E-state index contributed by atoms with van der Waals surface area (Å²) in [4.78, 5) is 14.8. The molecule has 0 spiro atoms. The van der Waals surface area contributed by atoms with Crippen molar-refractivity contribution >= 4 is 6.03 Å². The Morgan fingerprint density at radius 3 is 2.62 bits per heavy atom. The van der Waals surface area contributed by atoms with E-state index in [1.54, 1.807) is 0 Å². The Hall–Kier alpha value is -2.53. The van der Waals surface area contributed by atoms with Gasteiger partial charge in [-0.2, -0.15) is 0 Å². The second kappa shape index (κ2) is 7.79. The van der Waals surface area contributed by atoms with Crippen molar-refractivity contribution in [2.45, 2.75) is 32.0 Å². The van der Waals surface area contributed by atoms with Gasteiger partial charge in [-0.25, -0.2) is 4.79 Å². The molecule has 2 aromatic carbocycles. The predicted molar refractivity (Wildman–Crippen MR) is 101 cm³/mol. The topological polar surface area (TPSA) is 53.6 Å². The van der Waals surface area contributed by atoms with Crippen molar-refractivity contribution in [3.8, 4) is 5.75 Å². The molecule has 4 rings (SSSR count). The Bertz CT molecular complexity index is 771. The molecular formula is C21H25N3O2. The number of hydrogen-bond acceptors (Lipinski definition) is 3. The first-order valence-electron chi connectivity index (χ1n) is 9.35. The summed E-state index contributed by atoms with van der Waals surface area (Å²) in [5.74, 6) is 0.855. The summed E-state index contributed by atoms with van der Waals surface area (Å²) in [6, 6.07) is 16.0. The van der Waals surface area contributed by atoms with E-state index in [1.165, 1.54) is 37.1 Å². The highest BCUT2D eigenvalue weighted by atomic mass is 16.5. The van der Waals surface area contributed by atoms with E-state index < -0.39 is 0 Å². The van der Waals surface area contributed by atoms with Gasteiger partial charge in [0.05, 0.1) is 6.04 Å². The van der Waals surface area contributed by atoms with Crippen LogP contribution < -0.4 is 15.4 Å². The molecule has 136 valence electrons. The van der Waals surface area contributed by atoms with E-state index in [1.807, 2.05) is 30.3 Å². The van der Waals surface area contributed by atoms with Gasteiger partial charge in [0.15, 0.2) is 0 Å². The van der Waals surface area contributed by atoms with Gasteiger partial charge in [-0.3, -0.25) is 4.90 Å². The first kappa shape index (κ1) is 16.9. The summed E-state index contributed by atoms with van der Waals surface area (Å²) in [6.45, 7) is 4.32.